The van der Waals surface area contributed by atoms with E-state index in [0.29, 0.717) is 128 Å². The van der Waals surface area contributed by atoms with Crippen LogP contribution in [0.4, 0.5) is 0 Å². The zero-order valence-electron chi connectivity index (χ0n) is 48.9. The normalized spacial score (nSPS) is 17.2. The maximum Gasteiger partial charge on any atom is 0.265 e. The molecule has 0 N–H and O–H groups in total. The van der Waals surface area contributed by atoms with Gasteiger partial charge in [0.1, 0.15) is 0 Å². The summed E-state index contributed by atoms with van der Waals surface area (Å²) in [5, 5.41) is 14.7. The van der Waals surface area contributed by atoms with Crippen LogP contribution in [-0.2, 0) is 31.1 Å². The van der Waals surface area contributed by atoms with E-state index in [1.165, 1.54) is 0 Å². The van der Waals surface area contributed by atoms with Crippen LogP contribution in [0.2, 0.25) is 0 Å². The summed E-state index contributed by atoms with van der Waals surface area (Å²) in [5.41, 5.74) is 8.90. The van der Waals surface area contributed by atoms with Gasteiger partial charge in [0.2, 0.25) is 0 Å². The molecule has 0 saturated heterocycles. The minimum absolute atomic E-state index is 0.440. The van der Waals surface area contributed by atoms with Gasteiger partial charge in [0.25, 0.3) is 6.49 Å². The molecule has 440 valence electrons. The van der Waals surface area contributed by atoms with Gasteiger partial charge in [-0.15, -0.1) is 0 Å². The first kappa shape index (κ1) is 59.6. The monoisotopic (exact) mass is 1170 g/mol. The van der Waals surface area contributed by atoms with Gasteiger partial charge in [0.15, 0.2) is 69.0 Å². The lowest BCUT2D eigenvalue weighted by Gasteiger charge is -2.39. The summed E-state index contributed by atoms with van der Waals surface area (Å²) in [7, 11) is 15.3. The van der Waals surface area contributed by atoms with E-state index in [1.807, 2.05) is 75.7 Å². The van der Waals surface area contributed by atoms with Crippen molar-refractivity contribution >= 4 is 36.9 Å². The lowest BCUT2D eigenvalue weighted by Crippen LogP contribution is -2.29. The summed E-state index contributed by atoms with van der Waals surface area (Å²) >= 11 is 6.57. The fraction of sp³-hybridized carbons (Fsp3) is 0.381. The van der Waals surface area contributed by atoms with E-state index in [0.717, 1.165) is 88.6 Å². The predicted molar refractivity (Wildman–Crippen MR) is 327 cm³/mol. The number of ether oxygens (including phenoxy) is 12. The first-order chi connectivity index (χ1) is 40.4. The van der Waals surface area contributed by atoms with E-state index in [2.05, 4.69) is 36.4 Å². The third-order valence-electron chi connectivity index (χ3n) is 14.6. The van der Waals surface area contributed by atoms with Crippen molar-refractivity contribution in [1.82, 2.24) is 14.3 Å². The van der Waals surface area contributed by atoms with Gasteiger partial charge in [0.05, 0.1) is 101 Å². The second-order valence-corrected chi connectivity index (χ2v) is 24.2. The number of nitrogens with zero attached hydrogens (tertiary/aromatic N) is 6. The van der Waals surface area contributed by atoms with Gasteiger partial charge in [-0.25, -0.2) is 14.3 Å². The first-order valence-electron chi connectivity index (χ1n) is 27.8. The lowest BCUT2D eigenvalue weighted by molar-refractivity contribution is 0.252. The number of hydrazone groups is 3. The molecule has 0 unspecified atom stereocenters. The van der Waals surface area contributed by atoms with Crippen molar-refractivity contribution in [3.63, 3.8) is 0 Å². The van der Waals surface area contributed by atoms with Gasteiger partial charge in [-0.3, -0.25) is 0 Å². The molecule has 0 spiro atoms. The summed E-state index contributed by atoms with van der Waals surface area (Å²) in [6.45, 7) is -0.459. The molecule has 22 rings (SSSR count). The molecule has 6 aromatic carbocycles. The van der Waals surface area contributed by atoms with E-state index in [9.17, 15) is 0 Å². The number of hydrogen-bond donors (Lipinski definition) is 0. The molecule has 15 heterocycles. The molecule has 0 aromatic heterocycles. The highest BCUT2D eigenvalue weighted by molar-refractivity contribution is 8.11. The van der Waals surface area contributed by atoms with Crippen LogP contribution in [0.3, 0.4) is 0 Å². The molecule has 0 atom stereocenters. The molecule has 20 heteroatoms. The van der Waals surface area contributed by atoms with Crippen molar-refractivity contribution in [3.8, 4) is 69.0 Å². The van der Waals surface area contributed by atoms with E-state index in [4.69, 9.17) is 84.0 Å². The predicted octanol–water partition coefficient (Wildman–Crippen LogP) is 11.6. The third-order valence-corrected chi connectivity index (χ3v) is 19.3. The number of methoxy groups -OCH3 is 6. The Morgan fingerprint density at radius 1 is 0.337 bits per heavy atom. The van der Waals surface area contributed by atoms with Crippen molar-refractivity contribution in [2.75, 3.05) is 103 Å². The average Bonchev–Trinajstić information content (AvgIpc) is 3.86. The fourth-order valence-corrected chi connectivity index (χ4v) is 12.0. The largest absolute Gasteiger partial charge is 0.493 e. The average molecular weight is 1170 g/mol. The van der Waals surface area contributed by atoms with Gasteiger partial charge in [-0.05, 0) is 211 Å². The molecular formula is C63H75N6O12PS. The Morgan fingerprint density at radius 2 is 0.566 bits per heavy atom. The molecular weight excluding hydrogens is 1100 g/mol. The number of hydrogen-bond acceptors (Lipinski definition) is 16. The minimum Gasteiger partial charge on any atom is -0.493 e. The summed E-state index contributed by atoms with van der Waals surface area (Å²) in [4.78, 5) is 0. The Bertz CT molecular complexity index is 3010. The van der Waals surface area contributed by atoms with Crippen LogP contribution in [0.15, 0.2) is 106 Å². The first-order valence-corrected chi connectivity index (χ1v) is 30.5. The summed E-state index contributed by atoms with van der Waals surface area (Å²) in [5.74, 6) is 7.44. The molecule has 6 aromatic rings. The summed E-state index contributed by atoms with van der Waals surface area (Å²) < 4.78 is 79.4. The third kappa shape index (κ3) is 14.4. The smallest absolute Gasteiger partial charge is 0.265 e. The SMILES string of the molecule is COc1cc2ccc1OCCCCOc1cc3c(cc1OC)Cc1cc4c(OC)cc1Cc1cc(c(OC)cc1C3)OCCCCOc1ccc(cc1OC)C=NN(C)P(=S)(N(C)N=C2)N(C)N=Cc1ccc(c(OC)c1)OCCCCO4. The second kappa shape index (κ2) is 28.3. The zero-order chi connectivity index (χ0) is 58.3. The van der Waals surface area contributed by atoms with Crippen molar-refractivity contribution in [1.29, 1.82) is 0 Å². The van der Waals surface area contributed by atoms with E-state index < -0.39 is 6.49 Å². The highest BCUT2D eigenvalue weighted by Gasteiger charge is 2.32. The van der Waals surface area contributed by atoms with E-state index in [1.54, 1.807) is 75.6 Å². The van der Waals surface area contributed by atoms with Gasteiger partial charge in [-0.2, -0.15) is 15.3 Å². The molecule has 1 aliphatic carbocycles. The highest BCUT2D eigenvalue weighted by atomic mass is 32.4. The maximum atomic E-state index is 6.57. The van der Waals surface area contributed by atoms with Crippen molar-refractivity contribution in [2.24, 2.45) is 15.3 Å². The quantitative estimate of drug-likeness (QED) is 0.145. The lowest BCUT2D eigenvalue weighted by atomic mass is 9.94. The van der Waals surface area contributed by atoms with Crippen LogP contribution in [0.5, 0.6) is 69.0 Å². The Balaban J connectivity index is 1.13. The minimum atomic E-state index is -3.11. The number of benzene rings is 6. The van der Waals surface area contributed by atoms with Gasteiger partial charge in [-0.1, -0.05) is 0 Å². The van der Waals surface area contributed by atoms with Crippen LogP contribution in [-0.4, -0.2) is 136 Å². The van der Waals surface area contributed by atoms with E-state index in [-0.39, 0.29) is 0 Å². The van der Waals surface area contributed by atoms with Crippen LogP contribution >= 0.6 is 6.49 Å². The standard InChI is InChI=1S/C63H75N6O12PS/c1-67-64-40-43-16-19-52(55(28-43)70-4)76-22-10-13-25-79-61-37-49-31-47-35-59(74-8)63-39-51(47)33-48-36-60(75-9)62(38-50(48)32-46(49)34-58(61)73-7)80-26-14-11-23-77-53-20-17-44(29-56(53)71-5)41-65-68(2)82(67,83)69(3)66-42-45-18-21-54(57(30-45)72-6)78-24-12-15-27-81-63/h16-21,28-30,34-42H,10-15,22-27,31-33H2,1-9H3. The van der Waals surface area contributed by atoms with Gasteiger partial charge >= 0.3 is 0 Å². The van der Waals surface area contributed by atoms with Crippen molar-refractivity contribution in [3.05, 3.63) is 141 Å². The highest BCUT2D eigenvalue weighted by Crippen LogP contribution is 2.55. The number of rotatable bonds is 6. The van der Waals surface area contributed by atoms with Crippen LogP contribution < -0.4 is 56.8 Å². The Kier molecular flexibility index (Phi) is 20.3. The zero-order valence-corrected chi connectivity index (χ0v) is 50.6. The van der Waals surface area contributed by atoms with Crippen LogP contribution in [0.25, 0.3) is 0 Å². The second-order valence-electron chi connectivity index (χ2n) is 20.0. The molecule has 16 aliphatic rings. The topological polar surface area (TPSA) is 158 Å². The summed E-state index contributed by atoms with van der Waals surface area (Å²) in [6, 6.07) is 29.7. The van der Waals surface area contributed by atoms with Crippen molar-refractivity contribution in [2.45, 2.75) is 57.8 Å². The van der Waals surface area contributed by atoms with Gasteiger partial charge in [0, 0.05) is 21.1 Å². The van der Waals surface area contributed by atoms with Gasteiger partial charge < -0.3 is 56.8 Å². The van der Waals surface area contributed by atoms with Crippen molar-refractivity contribution < 1.29 is 56.8 Å². The molecule has 83 heavy (non-hydrogen) atoms. The Morgan fingerprint density at radius 3 is 0.819 bits per heavy atom. The summed E-state index contributed by atoms with van der Waals surface area (Å²) in [6.07, 6.45) is 11.4. The molecule has 0 saturated carbocycles. The maximum absolute atomic E-state index is 6.57. The Labute approximate surface area is 492 Å². The Hall–Kier alpha value is -8.02. The fourth-order valence-electron chi connectivity index (χ4n) is 9.92. The molecule has 15 aliphatic heterocycles. The van der Waals surface area contributed by atoms with E-state index >= 15 is 0 Å². The van der Waals surface area contributed by atoms with Crippen LogP contribution in [0.1, 0.15) is 88.6 Å². The van der Waals surface area contributed by atoms with Crippen LogP contribution in [0, 0.1) is 0 Å². The molecule has 0 radical (unpaired) electrons. The molecule has 16 bridgehead atoms. The molecule has 18 nitrogen and oxygen atoms in total. The molecule has 0 fully saturated rings. The molecule has 0 amide bonds.